The highest BCUT2D eigenvalue weighted by Gasteiger charge is 2.31. The molecule has 1 aromatic carbocycles. The Morgan fingerprint density at radius 2 is 1.88 bits per heavy atom. The molecule has 16 heavy (non-hydrogen) atoms. The van der Waals surface area contributed by atoms with Crippen LogP contribution in [0.3, 0.4) is 0 Å². The van der Waals surface area contributed by atoms with Gasteiger partial charge >= 0.3 is 6.18 Å². The molecule has 1 nitrogen and oxygen atoms in total. The maximum atomic E-state index is 12.0. The predicted octanol–water partition coefficient (Wildman–Crippen LogP) is 3.85. The Labute approximate surface area is 101 Å². The lowest BCUT2D eigenvalue weighted by Gasteiger charge is -2.14. The van der Waals surface area contributed by atoms with Crippen molar-refractivity contribution in [2.75, 3.05) is 0 Å². The minimum absolute atomic E-state index is 0.168. The number of rotatable bonds is 3. The van der Waals surface area contributed by atoms with E-state index in [0.29, 0.717) is 5.56 Å². The normalized spacial score (nSPS) is 13.9. The Morgan fingerprint density at radius 1 is 1.25 bits per heavy atom. The van der Waals surface area contributed by atoms with Crippen LogP contribution >= 0.6 is 23.2 Å². The van der Waals surface area contributed by atoms with Gasteiger partial charge in [-0.25, -0.2) is 0 Å². The summed E-state index contributed by atoms with van der Waals surface area (Å²) >= 11 is 11.5. The van der Waals surface area contributed by atoms with Gasteiger partial charge in [-0.2, -0.15) is 13.2 Å². The van der Waals surface area contributed by atoms with Crippen LogP contribution in [0.2, 0.25) is 10.0 Å². The van der Waals surface area contributed by atoms with Gasteiger partial charge in [-0.15, -0.1) is 0 Å². The lowest BCUT2D eigenvalue weighted by atomic mass is 10.1. The molecule has 0 saturated heterocycles. The van der Waals surface area contributed by atoms with Crippen molar-refractivity contribution in [3.63, 3.8) is 0 Å². The largest absolute Gasteiger partial charge is 0.392 e. The van der Waals surface area contributed by atoms with Crippen molar-refractivity contribution in [1.29, 1.82) is 0 Å². The van der Waals surface area contributed by atoms with E-state index >= 15 is 0 Å². The van der Waals surface area contributed by atoms with Crippen molar-refractivity contribution in [3.8, 4) is 0 Å². The SMILES string of the molecule is OC(Cc1cccc(Cl)c1Cl)CC(F)(F)F. The van der Waals surface area contributed by atoms with Crippen LogP contribution in [0.25, 0.3) is 0 Å². The van der Waals surface area contributed by atoms with Gasteiger partial charge in [0.25, 0.3) is 0 Å². The van der Waals surface area contributed by atoms with E-state index in [1.165, 1.54) is 12.1 Å². The number of hydrogen-bond acceptors (Lipinski definition) is 1. The van der Waals surface area contributed by atoms with Gasteiger partial charge in [0.05, 0.1) is 22.6 Å². The first-order valence-corrected chi connectivity index (χ1v) is 5.23. The third-order valence-electron chi connectivity index (χ3n) is 1.95. The molecule has 6 heteroatoms. The molecule has 0 aliphatic heterocycles. The van der Waals surface area contributed by atoms with Crippen LogP contribution < -0.4 is 0 Å². The Morgan fingerprint density at radius 3 is 2.44 bits per heavy atom. The van der Waals surface area contributed by atoms with E-state index in [1.54, 1.807) is 6.07 Å². The average Bonchev–Trinajstić information content (AvgIpc) is 2.09. The molecule has 0 saturated carbocycles. The molecule has 1 N–H and O–H groups in total. The lowest BCUT2D eigenvalue weighted by Crippen LogP contribution is -2.21. The second kappa shape index (κ2) is 5.25. The summed E-state index contributed by atoms with van der Waals surface area (Å²) in [5, 5.41) is 9.68. The Kier molecular flexibility index (Phi) is 4.47. The average molecular weight is 273 g/mol. The van der Waals surface area contributed by atoms with Crippen molar-refractivity contribution in [3.05, 3.63) is 33.8 Å². The fraction of sp³-hybridized carbons (Fsp3) is 0.400. The number of hydrogen-bond donors (Lipinski definition) is 1. The van der Waals surface area contributed by atoms with Gasteiger partial charge in [0, 0.05) is 6.42 Å². The molecule has 0 bridgehead atoms. The molecule has 1 rings (SSSR count). The second-order valence-electron chi connectivity index (χ2n) is 3.39. The fourth-order valence-electron chi connectivity index (χ4n) is 1.30. The zero-order valence-electron chi connectivity index (χ0n) is 8.06. The molecule has 0 aliphatic rings. The second-order valence-corrected chi connectivity index (χ2v) is 4.18. The van der Waals surface area contributed by atoms with Crippen LogP contribution in [0.15, 0.2) is 18.2 Å². The maximum Gasteiger partial charge on any atom is 0.391 e. The van der Waals surface area contributed by atoms with E-state index in [4.69, 9.17) is 23.2 Å². The smallest absolute Gasteiger partial charge is 0.391 e. The molecule has 1 unspecified atom stereocenters. The van der Waals surface area contributed by atoms with Gasteiger partial charge in [0.15, 0.2) is 0 Å². The molecule has 1 atom stereocenters. The zero-order valence-corrected chi connectivity index (χ0v) is 9.57. The highest BCUT2D eigenvalue weighted by Crippen LogP contribution is 2.28. The molecule has 0 aliphatic carbocycles. The maximum absolute atomic E-state index is 12.0. The summed E-state index contributed by atoms with van der Waals surface area (Å²) in [6.07, 6.45) is -7.31. The van der Waals surface area contributed by atoms with E-state index in [9.17, 15) is 18.3 Å². The number of halogens is 5. The summed E-state index contributed by atoms with van der Waals surface area (Å²) in [6.45, 7) is 0. The molecule has 0 aromatic heterocycles. The highest BCUT2D eigenvalue weighted by molar-refractivity contribution is 6.42. The molecule has 0 radical (unpaired) electrons. The summed E-state index contributed by atoms with van der Waals surface area (Å²) in [7, 11) is 0. The summed E-state index contributed by atoms with van der Waals surface area (Å²) in [4.78, 5) is 0. The number of alkyl halides is 3. The topological polar surface area (TPSA) is 20.2 Å². The predicted molar refractivity (Wildman–Crippen MR) is 56.8 cm³/mol. The molecule has 1 aromatic rings. The van der Waals surface area contributed by atoms with Crippen LogP contribution in [0, 0.1) is 0 Å². The number of benzene rings is 1. The van der Waals surface area contributed by atoms with Crippen molar-refractivity contribution in [2.24, 2.45) is 0 Å². The van der Waals surface area contributed by atoms with Gasteiger partial charge in [-0.3, -0.25) is 0 Å². The Bertz CT molecular complexity index is 366. The van der Waals surface area contributed by atoms with Gasteiger partial charge in [0.1, 0.15) is 0 Å². The van der Waals surface area contributed by atoms with Crippen LogP contribution in [0.5, 0.6) is 0 Å². The minimum atomic E-state index is -4.38. The Hall–Kier alpha value is -0.450. The lowest BCUT2D eigenvalue weighted by molar-refractivity contribution is -0.153. The summed E-state index contributed by atoms with van der Waals surface area (Å²) < 4.78 is 35.9. The van der Waals surface area contributed by atoms with Crippen LogP contribution in [0.1, 0.15) is 12.0 Å². The van der Waals surface area contributed by atoms with Crippen molar-refractivity contribution in [2.45, 2.75) is 25.1 Å². The molecular formula is C10H9Cl2F3O. The van der Waals surface area contributed by atoms with Gasteiger partial charge < -0.3 is 5.11 Å². The molecule has 0 fully saturated rings. The molecule has 90 valence electrons. The van der Waals surface area contributed by atoms with Crippen molar-refractivity contribution in [1.82, 2.24) is 0 Å². The summed E-state index contributed by atoms with van der Waals surface area (Å²) in [5.74, 6) is 0. The van der Waals surface area contributed by atoms with E-state index < -0.39 is 18.7 Å². The first kappa shape index (κ1) is 13.6. The van der Waals surface area contributed by atoms with Crippen molar-refractivity contribution >= 4 is 23.2 Å². The van der Waals surface area contributed by atoms with Crippen LogP contribution in [-0.2, 0) is 6.42 Å². The number of aliphatic hydroxyl groups excluding tert-OH is 1. The number of aliphatic hydroxyl groups is 1. The van der Waals surface area contributed by atoms with Gasteiger partial charge in [0.2, 0.25) is 0 Å². The van der Waals surface area contributed by atoms with E-state index in [2.05, 4.69) is 0 Å². The van der Waals surface area contributed by atoms with Crippen LogP contribution in [0.4, 0.5) is 13.2 Å². The third kappa shape index (κ3) is 4.20. The van der Waals surface area contributed by atoms with E-state index in [0.717, 1.165) is 0 Å². The summed E-state index contributed by atoms with van der Waals surface area (Å²) in [5.41, 5.74) is 0.408. The molecule has 0 heterocycles. The zero-order chi connectivity index (χ0) is 12.3. The van der Waals surface area contributed by atoms with Gasteiger partial charge in [-0.1, -0.05) is 35.3 Å². The van der Waals surface area contributed by atoms with E-state index in [-0.39, 0.29) is 16.5 Å². The standard InChI is InChI=1S/C10H9Cl2F3O/c11-8-3-1-2-6(9(8)12)4-7(16)5-10(13,14)15/h1-3,7,16H,4-5H2. The molecule has 0 spiro atoms. The fourth-order valence-corrected chi connectivity index (χ4v) is 1.70. The monoisotopic (exact) mass is 272 g/mol. The van der Waals surface area contributed by atoms with E-state index in [1.807, 2.05) is 0 Å². The third-order valence-corrected chi connectivity index (χ3v) is 2.81. The summed E-state index contributed by atoms with van der Waals surface area (Å²) in [6, 6.07) is 4.64. The minimum Gasteiger partial charge on any atom is -0.392 e. The van der Waals surface area contributed by atoms with Crippen molar-refractivity contribution < 1.29 is 18.3 Å². The van der Waals surface area contributed by atoms with Gasteiger partial charge in [-0.05, 0) is 11.6 Å². The first-order chi connectivity index (χ1) is 7.29. The molecule has 0 amide bonds. The first-order valence-electron chi connectivity index (χ1n) is 4.47. The quantitative estimate of drug-likeness (QED) is 0.886. The highest BCUT2D eigenvalue weighted by atomic mass is 35.5. The van der Waals surface area contributed by atoms with Crippen LogP contribution in [-0.4, -0.2) is 17.4 Å². The Balaban J connectivity index is 2.70. The molecular weight excluding hydrogens is 264 g/mol.